The number of ether oxygens (including phenoxy) is 2. The van der Waals surface area contributed by atoms with E-state index in [9.17, 15) is 14.4 Å². The van der Waals surface area contributed by atoms with Gasteiger partial charge in [0, 0.05) is 38.7 Å². The van der Waals surface area contributed by atoms with Crippen molar-refractivity contribution in [3.63, 3.8) is 0 Å². The predicted octanol–water partition coefficient (Wildman–Crippen LogP) is 3.92. The Labute approximate surface area is 184 Å². The van der Waals surface area contributed by atoms with Gasteiger partial charge >= 0.3 is 8.80 Å². The molecule has 1 heterocycles. The maximum absolute atomic E-state index is 11.5. The van der Waals surface area contributed by atoms with E-state index < -0.39 is 32.5 Å². The summed E-state index contributed by atoms with van der Waals surface area (Å²) in [7, 11) is -3.81. The molecule has 0 aromatic heterocycles. The molecule has 172 valence electrons. The van der Waals surface area contributed by atoms with Crippen LogP contribution in [0.4, 0.5) is 0 Å². The first-order chi connectivity index (χ1) is 14.3. The molecule has 0 radical (unpaired) electrons. The molecule has 1 unspecified atom stereocenters. The lowest BCUT2D eigenvalue weighted by Gasteiger charge is -2.44. The van der Waals surface area contributed by atoms with Crippen molar-refractivity contribution < 1.29 is 37.1 Å². The molecule has 1 aliphatic heterocycles. The highest BCUT2D eigenvalue weighted by Crippen LogP contribution is 2.41. The minimum Gasteiger partial charge on any atom is -0.462 e. The lowest BCUT2D eigenvalue weighted by molar-refractivity contribution is -0.249. The Kier molecular flexibility index (Phi) is 7.54. The minimum atomic E-state index is -3.81. The molecule has 0 amide bonds. The Morgan fingerprint density at radius 2 is 1.58 bits per heavy atom. The van der Waals surface area contributed by atoms with Crippen LogP contribution in [0.25, 0.3) is 0 Å². The molecule has 1 aromatic rings. The summed E-state index contributed by atoms with van der Waals surface area (Å²) in [4.78, 5) is 34.6. The van der Waals surface area contributed by atoms with Gasteiger partial charge in [-0.2, -0.15) is 0 Å². The zero-order valence-corrected chi connectivity index (χ0v) is 20.3. The SMILES string of the molecule is CC(=O)O[Si](CCCc1ccc2c(c1)COC(C)(C(C)(C)C)O2)(OC(C)=O)OC(C)=O. The van der Waals surface area contributed by atoms with Crippen molar-refractivity contribution in [1.82, 2.24) is 0 Å². The number of carbonyl (C=O) groups is 3. The van der Waals surface area contributed by atoms with E-state index in [-0.39, 0.29) is 11.5 Å². The summed E-state index contributed by atoms with van der Waals surface area (Å²) in [6.45, 7) is 12.1. The summed E-state index contributed by atoms with van der Waals surface area (Å²) >= 11 is 0. The fourth-order valence-corrected chi connectivity index (χ4v) is 5.56. The van der Waals surface area contributed by atoms with Crippen LogP contribution in [0.15, 0.2) is 18.2 Å². The zero-order chi connectivity index (χ0) is 23.4. The van der Waals surface area contributed by atoms with Gasteiger partial charge in [-0.05, 0) is 30.5 Å². The largest absolute Gasteiger partial charge is 0.705 e. The van der Waals surface area contributed by atoms with E-state index in [4.69, 9.17) is 22.8 Å². The number of carbonyl (C=O) groups excluding carboxylic acids is 3. The summed E-state index contributed by atoms with van der Waals surface area (Å²) in [5.74, 6) is -1.93. The van der Waals surface area contributed by atoms with Gasteiger partial charge in [0.2, 0.25) is 5.79 Å². The Hall–Kier alpha value is -2.39. The fraction of sp³-hybridized carbons (Fsp3) is 0.591. The van der Waals surface area contributed by atoms with E-state index in [1.54, 1.807) is 0 Å². The van der Waals surface area contributed by atoms with Crippen molar-refractivity contribution in [2.75, 3.05) is 0 Å². The average molecular weight is 453 g/mol. The first-order valence-electron chi connectivity index (χ1n) is 10.3. The molecule has 1 aliphatic rings. The topological polar surface area (TPSA) is 97.4 Å². The molecule has 0 saturated heterocycles. The third kappa shape index (κ3) is 6.54. The molecule has 0 spiro atoms. The Morgan fingerprint density at radius 3 is 2.06 bits per heavy atom. The third-order valence-corrected chi connectivity index (χ3v) is 7.90. The molecule has 8 nitrogen and oxygen atoms in total. The third-order valence-electron chi connectivity index (χ3n) is 5.14. The molecule has 1 atom stereocenters. The van der Waals surface area contributed by atoms with Crippen molar-refractivity contribution in [2.24, 2.45) is 5.41 Å². The van der Waals surface area contributed by atoms with Crippen LogP contribution in [0.3, 0.4) is 0 Å². The highest BCUT2D eigenvalue weighted by atomic mass is 28.4. The van der Waals surface area contributed by atoms with Crippen LogP contribution in [-0.4, -0.2) is 32.5 Å². The van der Waals surface area contributed by atoms with Crippen LogP contribution in [-0.2, 0) is 45.4 Å². The number of fused-ring (bicyclic) bond motifs is 1. The lowest BCUT2D eigenvalue weighted by Crippen LogP contribution is -2.49. The fourth-order valence-electron chi connectivity index (χ4n) is 3.21. The second-order valence-corrected chi connectivity index (χ2v) is 11.3. The molecule has 0 saturated carbocycles. The Morgan fingerprint density at radius 1 is 1.03 bits per heavy atom. The van der Waals surface area contributed by atoms with E-state index in [2.05, 4.69) is 20.8 Å². The summed E-state index contributed by atoms with van der Waals surface area (Å²) in [6.07, 6.45) is 1.09. The predicted molar refractivity (Wildman–Crippen MR) is 114 cm³/mol. The van der Waals surface area contributed by atoms with Crippen molar-refractivity contribution >= 4 is 26.7 Å². The molecule has 31 heavy (non-hydrogen) atoms. The molecule has 1 aromatic carbocycles. The quantitative estimate of drug-likeness (QED) is 0.574. The van der Waals surface area contributed by atoms with Gasteiger partial charge in [-0.15, -0.1) is 0 Å². The van der Waals surface area contributed by atoms with Gasteiger partial charge in [-0.25, -0.2) is 0 Å². The first kappa shape index (κ1) is 24.9. The summed E-state index contributed by atoms with van der Waals surface area (Å²) in [6, 6.07) is 6.02. The highest BCUT2D eigenvalue weighted by Gasteiger charge is 2.51. The first-order valence-corrected chi connectivity index (χ1v) is 12.2. The lowest BCUT2D eigenvalue weighted by atomic mass is 9.85. The van der Waals surface area contributed by atoms with E-state index in [0.717, 1.165) is 16.9 Å². The standard InChI is InChI=1S/C22H32O8Si/c1-15(23)28-31(29-16(2)24,30-17(3)25)12-8-9-18-10-11-20-19(13-18)14-26-22(7,27-20)21(4,5)6/h10-11,13H,8-9,12,14H2,1-7H3. The van der Waals surface area contributed by atoms with Gasteiger partial charge in [-0.3, -0.25) is 14.4 Å². The number of hydrogen-bond donors (Lipinski definition) is 0. The van der Waals surface area contributed by atoms with Crippen LogP contribution >= 0.6 is 0 Å². The number of benzene rings is 1. The summed E-state index contributed by atoms with van der Waals surface area (Å²) in [5, 5.41) is 0. The molecule has 9 heteroatoms. The van der Waals surface area contributed by atoms with Gasteiger partial charge in [-0.1, -0.05) is 26.8 Å². The van der Waals surface area contributed by atoms with Crippen molar-refractivity contribution in [1.29, 1.82) is 0 Å². The molecular weight excluding hydrogens is 420 g/mol. The van der Waals surface area contributed by atoms with Crippen LogP contribution in [0.5, 0.6) is 5.75 Å². The van der Waals surface area contributed by atoms with Gasteiger partial charge in [0.25, 0.3) is 17.9 Å². The summed E-state index contributed by atoms with van der Waals surface area (Å²) in [5.41, 5.74) is 1.77. The molecular formula is C22H32O8Si. The van der Waals surface area contributed by atoms with Gasteiger partial charge < -0.3 is 22.8 Å². The normalized spacial score (nSPS) is 18.4. The Balaban J connectivity index is 2.10. The van der Waals surface area contributed by atoms with E-state index in [1.165, 1.54) is 20.8 Å². The monoisotopic (exact) mass is 452 g/mol. The highest BCUT2D eigenvalue weighted by molar-refractivity contribution is 6.65. The van der Waals surface area contributed by atoms with Crippen molar-refractivity contribution in [2.45, 2.75) is 79.7 Å². The second-order valence-electron chi connectivity index (χ2n) is 8.85. The maximum Gasteiger partial charge on any atom is 0.705 e. The number of hydrogen-bond acceptors (Lipinski definition) is 8. The van der Waals surface area contributed by atoms with Gasteiger partial charge in [0.05, 0.1) is 12.7 Å². The van der Waals surface area contributed by atoms with E-state index in [0.29, 0.717) is 19.4 Å². The number of rotatable bonds is 7. The second kappa shape index (κ2) is 9.40. The van der Waals surface area contributed by atoms with Gasteiger partial charge in [0.1, 0.15) is 5.75 Å². The molecule has 2 rings (SSSR count). The van der Waals surface area contributed by atoms with Crippen molar-refractivity contribution in [3.8, 4) is 5.75 Å². The molecule has 0 N–H and O–H groups in total. The zero-order valence-electron chi connectivity index (χ0n) is 19.3. The smallest absolute Gasteiger partial charge is 0.462 e. The summed E-state index contributed by atoms with van der Waals surface area (Å²) < 4.78 is 27.8. The Bertz CT molecular complexity index is 804. The average Bonchev–Trinajstić information content (AvgIpc) is 2.59. The number of aryl methyl sites for hydroxylation is 1. The maximum atomic E-state index is 11.5. The van der Waals surface area contributed by atoms with E-state index >= 15 is 0 Å². The van der Waals surface area contributed by atoms with Crippen LogP contribution in [0.1, 0.15) is 66.0 Å². The minimum absolute atomic E-state index is 0.137. The molecule has 0 fully saturated rings. The molecule has 0 aliphatic carbocycles. The molecule has 0 bridgehead atoms. The van der Waals surface area contributed by atoms with Crippen LogP contribution < -0.4 is 4.74 Å². The van der Waals surface area contributed by atoms with E-state index in [1.807, 2.05) is 25.1 Å². The van der Waals surface area contributed by atoms with Crippen molar-refractivity contribution in [3.05, 3.63) is 29.3 Å². The van der Waals surface area contributed by atoms with Gasteiger partial charge in [0.15, 0.2) is 0 Å². The van der Waals surface area contributed by atoms with Crippen LogP contribution in [0.2, 0.25) is 6.04 Å². The van der Waals surface area contributed by atoms with Crippen LogP contribution in [0, 0.1) is 5.41 Å².